The fourth-order valence-corrected chi connectivity index (χ4v) is 2.15. The maximum absolute atomic E-state index is 12.5. The molecule has 0 bridgehead atoms. The summed E-state index contributed by atoms with van der Waals surface area (Å²) in [6, 6.07) is 7.73. The van der Waals surface area contributed by atoms with Gasteiger partial charge in [0.15, 0.2) is 5.78 Å². The van der Waals surface area contributed by atoms with Gasteiger partial charge in [-0.15, -0.1) is 0 Å². The Morgan fingerprint density at radius 3 is 2.60 bits per heavy atom. The molecule has 0 aliphatic heterocycles. The Hall–Kier alpha value is -1.35. The van der Waals surface area contributed by atoms with Gasteiger partial charge < -0.3 is 10.5 Å². The van der Waals surface area contributed by atoms with Gasteiger partial charge in [0.1, 0.15) is 5.75 Å². The van der Waals surface area contributed by atoms with E-state index < -0.39 is 0 Å². The molecule has 0 heterocycles. The minimum absolute atomic E-state index is 0.0140. The number of ether oxygens (including phenoxy) is 1. The topological polar surface area (TPSA) is 52.3 Å². The third-order valence-electron chi connectivity index (χ3n) is 3.36. The van der Waals surface area contributed by atoms with Crippen molar-refractivity contribution < 1.29 is 9.53 Å². The zero-order chi connectivity index (χ0) is 15.0. The third-order valence-corrected chi connectivity index (χ3v) is 3.36. The summed E-state index contributed by atoms with van der Waals surface area (Å²) in [7, 11) is 0. The quantitative estimate of drug-likeness (QED) is 0.698. The van der Waals surface area contributed by atoms with E-state index in [0.29, 0.717) is 17.9 Å². The summed E-state index contributed by atoms with van der Waals surface area (Å²) >= 11 is 0. The van der Waals surface area contributed by atoms with Crippen LogP contribution in [0.25, 0.3) is 0 Å². The first-order chi connectivity index (χ1) is 9.56. The van der Waals surface area contributed by atoms with E-state index in [0.717, 1.165) is 25.7 Å². The number of benzene rings is 1. The van der Waals surface area contributed by atoms with Gasteiger partial charge >= 0.3 is 0 Å². The van der Waals surface area contributed by atoms with Crippen LogP contribution in [0.2, 0.25) is 0 Å². The molecule has 0 fully saturated rings. The highest BCUT2D eigenvalue weighted by Crippen LogP contribution is 2.23. The molecule has 112 valence electrons. The summed E-state index contributed by atoms with van der Waals surface area (Å²) in [4.78, 5) is 12.5. The van der Waals surface area contributed by atoms with Crippen molar-refractivity contribution in [3.05, 3.63) is 29.8 Å². The van der Waals surface area contributed by atoms with E-state index in [1.54, 1.807) is 0 Å². The molecule has 0 radical (unpaired) electrons. The molecule has 1 rings (SSSR count). The molecular weight excluding hydrogens is 250 g/mol. The van der Waals surface area contributed by atoms with Crippen molar-refractivity contribution in [1.29, 1.82) is 0 Å². The Labute approximate surface area is 122 Å². The van der Waals surface area contributed by atoms with E-state index in [1.165, 1.54) is 0 Å². The summed E-state index contributed by atoms with van der Waals surface area (Å²) in [5.74, 6) is 0.889. The molecule has 0 aliphatic rings. The zero-order valence-electron chi connectivity index (χ0n) is 12.9. The van der Waals surface area contributed by atoms with Gasteiger partial charge in [-0.3, -0.25) is 4.79 Å². The molecule has 0 aliphatic carbocycles. The Balaban J connectivity index is 2.65. The van der Waals surface area contributed by atoms with Crippen LogP contribution in [-0.2, 0) is 0 Å². The summed E-state index contributed by atoms with van der Waals surface area (Å²) in [6.07, 6.45) is 3.77. The summed E-state index contributed by atoms with van der Waals surface area (Å²) in [5.41, 5.74) is 6.44. The second-order valence-electron chi connectivity index (χ2n) is 5.52. The first kappa shape index (κ1) is 16.7. The minimum atomic E-state index is 0.0140. The molecule has 2 atom stereocenters. The van der Waals surface area contributed by atoms with Crippen LogP contribution < -0.4 is 10.5 Å². The van der Waals surface area contributed by atoms with Crippen LogP contribution in [0.3, 0.4) is 0 Å². The smallest absolute Gasteiger partial charge is 0.169 e. The van der Waals surface area contributed by atoms with E-state index in [1.807, 2.05) is 38.1 Å². The van der Waals surface area contributed by atoms with Gasteiger partial charge in [-0.1, -0.05) is 32.4 Å². The highest BCUT2D eigenvalue weighted by Gasteiger charge is 2.18. The Morgan fingerprint density at radius 2 is 1.95 bits per heavy atom. The average molecular weight is 277 g/mol. The molecule has 1 aromatic carbocycles. The van der Waals surface area contributed by atoms with Crippen LogP contribution in [0, 0.1) is 5.92 Å². The molecular formula is C17H27NO2. The van der Waals surface area contributed by atoms with Crippen LogP contribution >= 0.6 is 0 Å². The van der Waals surface area contributed by atoms with E-state index in [2.05, 4.69) is 6.92 Å². The Bertz CT molecular complexity index is 415. The molecule has 1 aromatic rings. The van der Waals surface area contributed by atoms with Crippen LogP contribution in [0.1, 0.15) is 56.8 Å². The molecule has 3 nitrogen and oxygen atoms in total. The second-order valence-corrected chi connectivity index (χ2v) is 5.52. The van der Waals surface area contributed by atoms with E-state index in [4.69, 9.17) is 10.5 Å². The van der Waals surface area contributed by atoms with Crippen LogP contribution in [0.5, 0.6) is 5.75 Å². The lowest BCUT2D eigenvalue weighted by atomic mass is 9.93. The number of nitrogens with two attached hydrogens (primary N) is 1. The van der Waals surface area contributed by atoms with Crippen molar-refractivity contribution in [3.8, 4) is 5.75 Å². The summed E-state index contributed by atoms with van der Waals surface area (Å²) in [6.45, 7) is 6.69. The van der Waals surface area contributed by atoms with Crippen LogP contribution in [0.4, 0.5) is 0 Å². The molecule has 0 saturated carbocycles. The van der Waals surface area contributed by atoms with Gasteiger partial charge in [-0.25, -0.2) is 0 Å². The van der Waals surface area contributed by atoms with Gasteiger partial charge in [0.2, 0.25) is 0 Å². The molecule has 0 aromatic heterocycles. The zero-order valence-corrected chi connectivity index (χ0v) is 12.9. The highest BCUT2D eigenvalue weighted by molar-refractivity contribution is 6.00. The number of Topliss-reactive ketones (excluding diaryl/α,β-unsaturated/α-hetero) is 1. The van der Waals surface area contributed by atoms with Gasteiger partial charge in [0.05, 0.1) is 12.2 Å². The number of ketones is 1. The van der Waals surface area contributed by atoms with Crippen LogP contribution in [-0.4, -0.2) is 18.4 Å². The van der Waals surface area contributed by atoms with Crippen molar-refractivity contribution >= 4 is 5.78 Å². The average Bonchev–Trinajstić information content (AvgIpc) is 2.44. The number of hydrogen-bond donors (Lipinski definition) is 1. The molecule has 20 heavy (non-hydrogen) atoms. The number of carbonyl (C=O) groups is 1. The minimum Gasteiger partial charge on any atom is -0.493 e. The molecule has 0 amide bonds. The maximum atomic E-state index is 12.5. The molecule has 2 N–H and O–H groups in total. The second kappa shape index (κ2) is 8.75. The monoisotopic (exact) mass is 277 g/mol. The molecule has 0 saturated heterocycles. The van der Waals surface area contributed by atoms with Gasteiger partial charge in [0, 0.05) is 12.0 Å². The molecule has 3 heteroatoms. The lowest BCUT2D eigenvalue weighted by Gasteiger charge is -2.14. The van der Waals surface area contributed by atoms with Crippen molar-refractivity contribution in [3.63, 3.8) is 0 Å². The third kappa shape index (κ3) is 5.33. The molecule has 2 unspecified atom stereocenters. The van der Waals surface area contributed by atoms with E-state index in [-0.39, 0.29) is 17.7 Å². The number of rotatable bonds is 9. The van der Waals surface area contributed by atoms with E-state index in [9.17, 15) is 4.79 Å². The maximum Gasteiger partial charge on any atom is 0.169 e. The first-order valence-electron chi connectivity index (χ1n) is 7.57. The normalized spacial score (nSPS) is 13.8. The van der Waals surface area contributed by atoms with Crippen molar-refractivity contribution in [1.82, 2.24) is 0 Å². The standard InChI is InChI=1S/C17H27NO2/c1-4-12-20-16-11-6-5-10-15(16)17(19)13(2)8-7-9-14(3)18/h5-6,10-11,13-14H,4,7-9,12,18H2,1-3H3. The van der Waals surface area contributed by atoms with Gasteiger partial charge in [-0.2, -0.15) is 0 Å². The van der Waals surface area contributed by atoms with Crippen LogP contribution in [0.15, 0.2) is 24.3 Å². The Kier molecular flexibility index (Phi) is 7.31. The summed E-state index contributed by atoms with van der Waals surface area (Å²) < 4.78 is 5.66. The van der Waals surface area contributed by atoms with Crippen molar-refractivity contribution in [2.45, 2.75) is 52.5 Å². The number of para-hydroxylation sites is 1. The van der Waals surface area contributed by atoms with Crippen molar-refractivity contribution in [2.24, 2.45) is 11.7 Å². The number of carbonyl (C=O) groups excluding carboxylic acids is 1. The SMILES string of the molecule is CCCOc1ccccc1C(=O)C(C)CCCC(C)N. The molecule has 0 spiro atoms. The van der Waals surface area contributed by atoms with Gasteiger partial charge in [-0.05, 0) is 38.3 Å². The lowest BCUT2D eigenvalue weighted by molar-refractivity contribution is 0.0918. The van der Waals surface area contributed by atoms with Gasteiger partial charge in [0.25, 0.3) is 0 Å². The van der Waals surface area contributed by atoms with E-state index >= 15 is 0 Å². The lowest BCUT2D eigenvalue weighted by Crippen LogP contribution is -2.17. The predicted octanol–water partition coefficient (Wildman–Crippen LogP) is 3.81. The van der Waals surface area contributed by atoms with Crippen molar-refractivity contribution in [2.75, 3.05) is 6.61 Å². The first-order valence-corrected chi connectivity index (χ1v) is 7.57. The predicted molar refractivity (Wildman–Crippen MR) is 83.2 cm³/mol. The Morgan fingerprint density at radius 1 is 1.25 bits per heavy atom. The number of hydrogen-bond acceptors (Lipinski definition) is 3. The largest absolute Gasteiger partial charge is 0.493 e. The fraction of sp³-hybridized carbons (Fsp3) is 0.588. The fourth-order valence-electron chi connectivity index (χ4n) is 2.15. The highest BCUT2D eigenvalue weighted by atomic mass is 16.5. The summed E-state index contributed by atoms with van der Waals surface area (Å²) in [5, 5.41) is 0.